The molecule has 0 aliphatic heterocycles. The second-order valence-corrected chi connectivity index (χ2v) is 6.58. The first-order valence-electron chi connectivity index (χ1n) is 7.58. The molecule has 17 heavy (non-hydrogen) atoms. The summed E-state index contributed by atoms with van der Waals surface area (Å²) >= 11 is 0. The van der Waals surface area contributed by atoms with Gasteiger partial charge in [-0.2, -0.15) is 0 Å². The number of hydrogen-bond donors (Lipinski definition) is 1. The third-order valence-electron chi connectivity index (χ3n) is 4.74. The molecule has 1 fully saturated rings. The maximum atomic E-state index is 3.97. The minimum absolute atomic E-state index is 0.747. The second-order valence-electron chi connectivity index (χ2n) is 6.58. The summed E-state index contributed by atoms with van der Waals surface area (Å²) in [5.74, 6) is 2.65. The van der Waals surface area contributed by atoms with Crippen LogP contribution in [0.4, 0.5) is 0 Å². The SMILES string of the molecule is CC1CCC(C(C)C)C(NC2CC=CCC2)C1. The summed E-state index contributed by atoms with van der Waals surface area (Å²) in [5.41, 5.74) is 0. The maximum absolute atomic E-state index is 3.97. The fourth-order valence-electron chi connectivity index (χ4n) is 3.64. The molecule has 2 aliphatic rings. The van der Waals surface area contributed by atoms with Crippen molar-refractivity contribution >= 4 is 0 Å². The molecular weight excluding hydrogens is 206 g/mol. The average molecular weight is 235 g/mol. The Hall–Kier alpha value is -0.300. The van der Waals surface area contributed by atoms with Crippen molar-refractivity contribution in [2.45, 2.75) is 71.4 Å². The molecule has 2 aliphatic carbocycles. The Bertz CT molecular complexity index is 256. The monoisotopic (exact) mass is 235 g/mol. The van der Waals surface area contributed by atoms with Crippen LogP contribution < -0.4 is 5.32 Å². The first kappa shape index (κ1) is 13.1. The smallest absolute Gasteiger partial charge is 0.0107 e. The first-order valence-corrected chi connectivity index (χ1v) is 7.58. The lowest BCUT2D eigenvalue weighted by molar-refractivity contribution is 0.157. The molecule has 0 aromatic rings. The summed E-state index contributed by atoms with van der Waals surface area (Å²) in [4.78, 5) is 0. The fraction of sp³-hybridized carbons (Fsp3) is 0.875. The highest BCUT2D eigenvalue weighted by Crippen LogP contribution is 2.34. The van der Waals surface area contributed by atoms with Crippen LogP contribution in [0, 0.1) is 17.8 Å². The van der Waals surface area contributed by atoms with Crippen LogP contribution in [-0.4, -0.2) is 12.1 Å². The van der Waals surface area contributed by atoms with Crippen LogP contribution in [0.3, 0.4) is 0 Å². The van der Waals surface area contributed by atoms with E-state index in [0.717, 1.165) is 29.8 Å². The number of allylic oxidation sites excluding steroid dienone is 1. The van der Waals surface area contributed by atoms with Gasteiger partial charge in [0.25, 0.3) is 0 Å². The highest BCUT2D eigenvalue weighted by molar-refractivity contribution is 4.96. The van der Waals surface area contributed by atoms with Crippen molar-refractivity contribution in [3.8, 4) is 0 Å². The molecule has 1 heteroatoms. The zero-order chi connectivity index (χ0) is 12.3. The third-order valence-corrected chi connectivity index (χ3v) is 4.74. The van der Waals surface area contributed by atoms with Crippen molar-refractivity contribution in [2.75, 3.05) is 0 Å². The van der Waals surface area contributed by atoms with Crippen LogP contribution in [0.2, 0.25) is 0 Å². The standard InChI is InChI=1S/C16H29N/c1-12(2)15-10-9-13(3)11-16(15)17-14-7-5-4-6-8-14/h4-5,12-17H,6-11H2,1-3H3. The van der Waals surface area contributed by atoms with Gasteiger partial charge in [0.1, 0.15) is 0 Å². The summed E-state index contributed by atoms with van der Waals surface area (Å²) in [6.07, 6.45) is 12.8. The third kappa shape index (κ3) is 3.58. The summed E-state index contributed by atoms with van der Waals surface area (Å²) in [5, 5.41) is 3.97. The summed E-state index contributed by atoms with van der Waals surface area (Å²) in [7, 11) is 0. The predicted molar refractivity (Wildman–Crippen MR) is 75.0 cm³/mol. The Kier molecular flexibility index (Phi) is 4.67. The Balaban J connectivity index is 1.92. The van der Waals surface area contributed by atoms with Gasteiger partial charge in [0.2, 0.25) is 0 Å². The van der Waals surface area contributed by atoms with Crippen LogP contribution in [0.15, 0.2) is 12.2 Å². The van der Waals surface area contributed by atoms with E-state index < -0.39 is 0 Å². The van der Waals surface area contributed by atoms with Gasteiger partial charge in [-0.05, 0) is 49.9 Å². The van der Waals surface area contributed by atoms with Gasteiger partial charge in [0, 0.05) is 12.1 Å². The summed E-state index contributed by atoms with van der Waals surface area (Å²) in [6.45, 7) is 7.22. The molecule has 1 N–H and O–H groups in total. The number of nitrogens with one attached hydrogen (secondary N) is 1. The van der Waals surface area contributed by atoms with E-state index in [1.807, 2.05) is 0 Å². The molecule has 1 saturated carbocycles. The molecule has 1 nitrogen and oxygen atoms in total. The van der Waals surface area contributed by atoms with E-state index in [1.165, 1.54) is 38.5 Å². The fourth-order valence-corrected chi connectivity index (χ4v) is 3.64. The molecule has 98 valence electrons. The van der Waals surface area contributed by atoms with Gasteiger partial charge in [0.05, 0.1) is 0 Å². The minimum Gasteiger partial charge on any atom is -0.311 e. The van der Waals surface area contributed by atoms with Gasteiger partial charge in [0.15, 0.2) is 0 Å². The van der Waals surface area contributed by atoms with Crippen molar-refractivity contribution < 1.29 is 0 Å². The number of rotatable bonds is 3. The van der Waals surface area contributed by atoms with Crippen LogP contribution in [-0.2, 0) is 0 Å². The molecule has 0 aromatic heterocycles. The lowest BCUT2D eigenvalue weighted by atomic mass is 9.73. The van der Waals surface area contributed by atoms with E-state index in [4.69, 9.17) is 0 Å². The van der Waals surface area contributed by atoms with E-state index >= 15 is 0 Å². The Labute approximate surface area is 107 Å². The van der Waals surface area contributed by atoms with Crippen molar-refractivity contribution in [1.82, 2.24) is 5.32 Å². The summed E-state index contributed by atoms with van der Waals surface area (Å²) in [6, 6.07) is 1.52. The van der Waals surface area contributed by atoms with Gasteiger partial charge >= 0.3 is 0 Å². The molecular formula is C16H29N. The van der Waals surface area contributed by atoms with E-state index in [9.17, 15) is 0 Å². The second kappa shape index (κ2) is 6.04. The zero-order valence-electron chi connectivity index (χ0n) is 11.8. The van der Waals surface area contributed by atoms with Crippen LogP contribution in [0.5, 0.6) is 0 Å². The molecule has 2 rings (SSSR count). The van der Waals surface area contributed by atoms with Crippen molar-refractivity contribution in [3.05, 3.63) is 12.2 Å². The Morgan fingerprint density at radius 3 is 2.59 bits per heavy atom. The van der Waals surface area contributed by atoms with Crippen molar-refractivity contribution in [3.63, 3.8) is 0 Å². The normalized spacial score (nSPS) is 38.6. The van der Waals surface area contributed by atoms with Gasteiger partial charge < -0.3 is 5.32 Å². The molecule has 4 unspecified atom stereocenters. The largest absolute Gasteiger partial charge is 0.311 e. The zero-order valence-corrected chi connectivity index (χ0v) is 11.8. The van der Waals surface area contributed by atoms with Crippen LogP contribution >= 0.6 is 0 Å². The van der Waals surface area contributed by atoms with Gasteiger partial charge in [-0.1, -0.05) is 39.3 Å². The first-order chi connectivity index (χ1) is 8.16. The lowest BCUT2D eigenvalue weighted by Gasteiger charge is -2.40. The van der Waals surface area contributed by atoms with Gasteiger partial charge in [-0.15, -0.1) is 0 Å². The van der Waals surface area contributed by atoms with E-state index in [2.05, 4.69) is 38.2 Å². The molecule has 0 amide bonds. The lowest BCUT2D eigenvalue weighted by Crippen LogP contribution is -2.47. The van der Waals surface area contributed by atoms with Gasteiger partial charge in [-0.3, -0.25) is 0 Å². The van der Waals surface area contributed by atoms with E-state index in [-0.39, 0.29) is 0 Å². The molecule has 0 spiro atoms. The van der Waals surface area contributed by atoms with Crippen LogP contribution in [0.25, 0.3) is 0 Å². The molecule has 0 heterocycles. The minimum atomic E-state index is 0.747. The Morgan fingerprint density at radius 1 is 1.12 bits per heavy atom. The average Bonchev–Trinajstić information content (AvgIpc) is 2.30. The quantitative estimate of drug-likeness (QED) is 0.725. The van der Waals surface area contributed by atoms with E-state index in [1.54, 1.807) is 0 Å². The molecule has 0 radical (unpaired) electrons. The highest BCUT2D eigenvalue weighted by Gasteiger charge is 2.31. The number of hydrogen-bond acceptors (Lipinski definition) is 1. The molecule has 0 bridgehead atoms. The molecule has 4 atom stereocenters. The maximum Gasteiger partial charge on any atom is 0.0107 e. The topological polar surface area (TPSA) is 12.0 Å². The molecule has 0 aromatic carbocycles. The molecule has 0 saturated heterocycles. The predicted octanol–water partition coefficient (Wildman–Crippen LogP) is 4.15. The summed E-state index contributed by atoms with van der Waals surface area (Å²) < 4.78 is 0. The Morgan fingerprint density at radius 2 is 1.94 bits per heavy atom. The van der Waals surface area contributed by atoms with Gasteiger partial charge in [-0.25, -0.2) is 0 Å². The van der Waals surface area contributed by atoms with Crippen LogP contribution in [0.1, 0.15) is 59.3 Å². The van der Waals surface area contributed by atoms with Crippen molar-refractivity contribution in [2.24, 2.45) is 17.8 Å². The van der Waals surface area contributed by atoms with E-state index in [0.29, 0.717) is 0 Å². The highest BCUT2D eigenvalue weighted by atomic mass is 15.0. The van der Waals surface area contributed by atoms with Crippen molar-refractivity contribution in [1.29, 1.82) is 0 Å².